The number of hydrogen-bond donors (Lipinski definition) is 1. The molecular weight excluding hydrogens is 332 g/mol. The van der Waals surface area contributed by atoms with Gasteiger partial charge in [0.25, 0.3) is 5.91 Å². The monoisotopic (exact) mass is 356 g/mol. The first-order valence-electron chi connectivity index (χ1n) is 9.01. The molecule has 0 radical (unpaired) electrons. The van der Waals surface area contributed by atoms with Crippen LogP contribution in [0.3, 0.4) is 0 Å². The van der Waals surface area contributed by atoms with Crippen molar-refractivity contribution in [3.8, 4) is 0 Å². The molecule has 2 aliphatic heterocycles. The summed E-state index contributed by atoms with van der Waals surface area (Å²) in [6.45, 7) is 4.13. The maximum Gasteiger partial charge on any atom is 0.270 e. The lowest BCUT2D eigenvalue weighted by Crippen LogP contribution is -2.52. The molecule has 1 fully saturated rings. The van der Waals surface area contributed by atoms with Crippen molar-refractivity contribution in [1.29, 1.82) is 0 Å². The molecule has 2 aliphatic rings. The zero-order valence-corrected chi connectivity index (χ0v) is 15.0. The minimum Gasteiger partial charge on any atom is -0.339 e. The van der Waals surface area contributed by atoms with Crippen LogP contribution in [0.2, 0.25) is 0 Å². The van der Waals surface area contributed by atoms with Crippen molar-refractivity contribution in [2.45, 2.75) is 32.6 Å². The van der Waals surface area contributed by atoms with Crippen LogP contribution in [-0.4, -0.2) is 59.4 Å². The average Bonchev–Trinajstić information content (AvgIpc) is 2.66. The quantitative estimate of drug-likeness (QED) is 0.869. The molecule has 26 heavy (non-hydrogen) atoms. The predicted octanol–water partition coefficient (Wildman–Crippen LogP) is 0.864. The van der Waals surface area contributed by atoms with E-state index in [1.54, 1.807) is 4.90 Å². The highest BCUT2D eigenvalue weighted by atomic mass is 16.2. The fourth-order valence-corrected chi connectivity index (χ4v) is 3.25. The number of rotatable bonds is 4. The highest BCUT2D eigenvalue weighted by molar-refractivity contribution is 6.39. The molecule has 1 aromatic rings. The van der Waals surface area contributed by atoms with Gasteiger partial charge in [-0.1, -0.05) is 29.8 Å². The zero-order chi connectivity index (χ0) is 18.5. The van der Waals surface area contributed by atoms with Gasteiger partial charge in [-0.15, -0.1) is 0 Å². The minimum atomic E-state index is -0.162. The van der Waals surface area contributed by atoms with E-state index in [1.165, 1.54) is 11.1 Å². The first-order chi connectivity index (χ1) is 12.5. The lowest BCUT2D eigenvalue weighted by Gasteiger charge is -2.35. The Labute approximate surface area is 153 Å². The Balaban J connectivity index is 1.46. The summed E-state index contributed by atoms with van der Waals surface area (Å²) >= 11 is 0. The summed E-state index contributed by atoms with van der Waals surface area (Å²) in [6, 6.07) is 8.20. The van der Waals surface area contributed by atoms with E-state index in [2.05, 4.69) is 16.6 Å². The second-order valence-corrected chi connectivity index (χ2v) is 6.76. The van der Waals surface area contributed by atoms with E-state index in [1.807, 2.05) is 30.0 Å². The van der Waals surface area contributed by atoms with Gasteiger partial charge in [-0.25, -0.2) is 5.43 Å². The summed E-state index contributed by atoms with van der Waals surface area (Å²) in [6.07, 6.45) is 1.88. The van der Waals surface area contributed by atoms with Crippen LogP contribution in [0.1, 0.15) is 30.4 Å². The number of hydrazone groups is 1. The first-order valence-corrected chi connectivity index (χ1v) is 9.01. The number of carbonyl (C=O) groups is 3. The molecule has 0 atom stereocenters. The van der Waals surface area contributed by atoms with E-state index in [-0.39, 0.29) is 17.7 Å². The van der Waals surface area contributed by atoms with Crippen LogP contribution < -0.4 is 5.43 Å². The predicted molar refractivity (Wildman–Crippen MR) is 97.5 cm³/mol. The van der Waals surface area contributed by atoms with Crippen molar-refractivity contribution in [2.75, 3.05) is 26.2 Å². The normalized spacial score (nSPS) is 17.6. The molecule has 1 saturated heterocycles. The lowest BCUT2D eigenvalue weighted by molar-refractivity contribution is -0.136. The van der Waals surface area contributed by atoms with E-state index in [0.29, 0.717) is 51.2 Å². The van der Waals surface area contributed by atoms with Gasteiger partial charge in [-0.05, 0) is 18.9 Å². The van der Waals surface area contributed by atoms with E-state index < -0.39 is 0 Å². The summed E-state index contributed by atoms with van der Waals surface area (Å²) in [7, 11) is 0. The zero-order valence-electron chi connectivity index (χ0n) is 15.0. The fourth-order valence-electron chi connectivity index (χ4n) is 3.25. The molecule has 138 valence electrons. The molecule has 1 aromatic carbocycles. The fraction of sp³-hybridized carbons (Fsp3) is 0.474. The van der Waals surface area contributed by atoms with Gasteiger partial charge in [0.2, 0.25) is 11.8 Å². The molecule has 0 saturated carbocycles. The maximum absolute atomic E-state index is 12.4. The molecule has 7 nitrogen and oxygen atoms in total. The maximum atomic E-state index is 12.4. The van der Waals surface area contributed by atoms with Gasteiger partial charge in [-0.3, -0.25) is 14.4 Å². The number of benzene rings is 1. The molecule has 7 heteroatoms. The molecule has 0 aromatic heterocycles. The third-order valence-corrected chi connectivity index (χ3v) is 4.78. The van der Waals surface area contributed by atoms with Crippen molar-refractivity contribution in [3.05, 3.63) is 35.4 Å². The number of piperazine rings is 1. The van der Waals surface area contributed by atoms with Crippen molar-refractivity contribution in [3.63, 3.8) is 0 Å². The summed E-state index contributed by atoms with van der Waals surface area (Å²) in [5.41, 5.74) is 5.11. The van der Waals surface area contributed by atoms with E-state index in [4.69, 9.17) is 0 Å². The van der Waals surface area contributed by atoms with Crippen molar-refractivity contribution >= 4 is 23.4 Å². The van der Waals surface area contributed by atoms with Crippen molar-refractivity contribution in [1.82, 2.24) is 15.2 Å². The molecule has 3 amide bonds. The molecule has 0 bridgehead atoms. The number of nitrogens with one attached hydrogen (secondary N) is 1. The summed E-state index contributed by atoms with van der Waals surface area (Å²) in [5.74, 6) is -0.177. The SMILES string of the molecule is Cc1cccc(CCC(=O)N2CCN(C(=O)C3=NNC(=O)CC3)CC2)c1. The Bertz CT molecular complexity index is 736. The topological polar surface area (TPSA) is 82.1 Å². The van der Waals surface area contributed by atoms with Crippen molar-refractivity contribution < 1.29 is 14.4 Å². The smallest absolute Gasteiger partial charge is 0.270 e. The van der Waals surface area contributed by atoms with E-state index in [0.717, 1.165) is 6.42 Å². The first kappa shape index (κ1) is 18.1. The standard InChI is InChI=1S/C19H24N4O3/c1-14-3-2-4-15(13-14)5-8-18(25)22-9-11-23(12-10-22)19(26)16-6-7-17(24)21-20-16/h2-4,13H,5-12H2,1H3,(H,21,24). The lowest BCUT2D eigenvalue weighted by atomic mass is 10.1. The number of amides is 3. The molecule has 0 spiro atoms. The number of carbonyl (C=O) groups excluding carboxylic acids is 3. The number of aryl methyl sites for hydroxylation is 2. The highest BCUT2D eigenvalue weighted by Crippen LogP contribution is 2.11. The molecule has 0 aliphatic carbocycles. The van der Waals surface area contributed by atoms with Gasteiger partial charge >= 0.3 is 0 Å². The van der Waals surface area contributed by atoms with Crippen LogP contribution >= 0.6 is 0 Å². The van der Waals surface area contributed by atoms with Gasteiger partial charge in [0.1, 0.15) is 5.71 Å². The summed E-state index contributed by atoms with van der Waals surface area (Å²) < 4.78 is 0. The third-order valence-electron chi connectivity index (χ3n) is 4.78. The van der Waals surface area contributed by atoms with Crippen molar-refractivity contribution in [2.24, 2.45) is 5.10 Å². The van der Waals surface area contributed by atoms with Crippen LogP contribution in [0.4, 0.5) is 0 Å². The second kappa shape index (κ2) is 8.12. The number of hydrogen-bond acceptors (Lipinski definition) is 4. The summed E-state index contributed by atoms with van der Waals surface area (Å²) in [5, 5.41) is 3.86. The van der Waals surface area contributed by atoms with Crippen LogP contribution in [0.15, 0.2) is 29.4 Å². The molecule has 1 N–H and O–H groups in total. The minimum absolute atomic E-state index is 0.126. The molecular formula is C19H24N4O3. The Morgan fingerprint density at radius 1 is 1.12 bits per heavy atom. The molecule has 2 heterocycles. The van der Waals surface area contributed by atoms with E-state index in [9.17, 15) is 14.4 Å². The largest absolute Gasteiger partial charge is 0.339 e. The van der Waals surface area contributed by atoms with E-state index >= 15 is 0 Å². The Morgan fingerprint density at radius 3 is 2.50 bits per heavy atom. The van der Waals surface area contributed by atoms with Crippen LogP contribution in [-0.2, 0) is 20.8 Å². The van der Waals surface area contributed by atoms with Gasteiger partial charge in [0.05, 0.1) is 0 Å². The Hall–Kier alpha value is -2.70. The van der Waals surface area contributed by atoms with Gasteiger partial charge in [-0.2, -0.15) is 5.10 Å². The Morgan fingerprint density at radius 2 is 1.85 bits per heavy atom. The molecule has 3 rings (SSSR count). The summed E-state index contributed by atoms with van der Waals surface area (Å²) in [4.78, 5) is 39.5. The highest BCUT2D eigenvalue weighted by Gasteiger charge is 2.28. The van der Waals surface area contributed by atoms with Crippen LogP contribution in [0, 0.1) is 6.92 Å². The van der Waals surface area contributed by atoms with Gasteiger partial charge in [0.15, 0.2) is 0 Å². The van der Waals surface area contributed by atoms with Crippen LogP contribution in [0.25, 0.3) is 0 Å². The van der Waals surface area contributed by atoms with Crippen LogP contribution in [0.5, 0.6) is 0 Å². The van der Waals surface area contributed by atoms with Gasteiger partial charge < -0.3 is 9.80 Å². The third kappa shape index (κ3) is 4.47. The van der Waals surface area contributed by atoms with Gasteiger partial charge in [0, 0.05) is 45.4 Å². The Kier molecular flexibility index (Phi) is 5.65. The molecule has 0 unspecified atom stereocenters. The number of nitrogens with zero attached hydrogens (tertiary/aromatic N) is 3. The second-order valence-electron chi connectivity index (χ2n) is 6.76. The average molecular weight is 356 g/mol.